The molecule has 0 aromatic heterocycles. The molecule has 0 saturated heterocycles. The molecule has 5 rings (SSSR count). The van der Waals surface area contributed by atoms with Crippen LogP contribution in [0.5, 0.6) is 0 Å². The van der Waals surface area contributed by atoms with Crippen LogP contribution in [0.4, 0.5) is 26.7 Å². The highest BCUT2D eigenvalue weighted by Gasteiger charge is 2.38. The van der Waals surface area contributed by atoms with Crippen LogP contribution in [0, 0.1) is 11.6 Å². The molecule has 0 aliphatic heterocycles. The van der Waals surface area contributed by atoms with Crippen molar-refractivity contribution in [1.29, 1.82) is 0 Å². The quantitative estimate of drug-likeness (QED) is 0.143. The summed E-state index contributed by atoms with van der Waals surface area (Å²) in [7, 11) is 1.33. The Balaban J connectivity index is 1.32. The minimum atomic E-state index is -5.21. The molecular weight excluding hydrogens is 581 g/mol. The van der Waals surface area contributed by atoms with Crippen molar-refractivity contribution in [1.82, 2.24) is 4.90 Å². The van der Waals surface area contributed by atoms with Crippen LogP contribution >= 0.6 is 0 Å². The van der Waals surface area contributed by atoms with Crippen molar-refractivity contribution in [3.05, 3.63) is 130 Å². The van der Waals surface area contributed by atoms with Crippen LogP contribution in [-0.2, 0) is 33.5 Å². The van der Waals surface area contributed by atoms with Crippen LogP contribution in [-0.4, -0.2) is 36.7 Å². The largest absolute Gasteiger partial charge is 0.459 e. The second-order valence-corrected chi connectivity index (χ2v) is 10.5. The van der Waals surface area contributed by atoms with Gasteiger partial charge in [0.2, 0.25) is 0 Å². The molecule has 1 aliphatic rings. The topological polar surface area (TPSA) is 55.8 Å². The van der Waals surface area contributed by atoms with Gasteiger partial charge < -0.3 is 9.47 Å². The van der Waals surface area contributed by atoms with Gasteiger partial charge in [0.15, 0.2) is 0 Å². The van der Waals surface area contributed by atoms with Crippen LogP contribution in [0.1, 0.15) is 40.2 Å². The highest BCUT2D eigenvalue weighted by atomic mass is 19.4. The van der Waals surface area contributed by atoms with Crippen LogP contribution in [0.3, 0.4) is 0 Å². The summed E-state index contributed by atoms with van der Waals surface area (Å²) in [5.41, 5.74) is 2.65. The SMILES string of the molecule is CN(C(=O)OCC1c2ccccc2-c2ccccc21)C(CCc1cc(F)c(C(F)(F)F)c(F)c1)C(=O)OCc1ccccc1. The summed E-state index contributed by atoms with van der Waals surface area (Å²) in [6, 6.07) is 24.3. The van der Waals surface area contributed by atoms with Gasteiger partial charge >= 0.3 is 18.2 Å². The number of aryl methyl sites for hydroxylation is 1. The second kappa shape index (κ2) is 12.9. The fourth-order valence-corrected chi connectivity index (χ4v) is 5.46. The van der Waals surface area contributed by atoms with Gasteiger partial charge in [0.25, 0.3) is 0 Å². The molecule has 1 aliphatic carbocycles. The summed E-state index contributed by atoms with van der Waals surface area (Å²) < 4.78 is 78.6. The summed E-state index contributed by atoms with van der Waals surface area (Å²) in [5, 5.41) is 0. The van der Waals surface area contributed by atoms with Crippen molar-refractivity contribution < 1.29 is 41.0 Å². The van der Waals surface area contributed by atoms with Crippen LogP contribution in [0.2, 0.25) is 0 Å². The summed E-state index contributed by atoms with van der Waals surface area (Å²) in [5.74, 6) is -4.57. The third kappa shape index (κ3) is 6.59. The fraction of sp³-hybridized carbons (Fsp3) is 0.235. The zero-order chi connectivity index (χ0) is 31.4. The number of benzene rings is 4. The lowest BCUT2D eigenvalue weighted by Crippen LogP contribution is -2.44. The Bertz CT molecular complexity index is 1590. The van der Waals surface area contributed by atoms with E-state index in [0.717, 1.165) is 27.2 Å². The Morgan fingerprint density at radius 2 is 1.34 bits per heavy atom. The zero-order valence-electron chi connectivity index (χ0n) is 23.6. The lowest BCUT2D eigenvalue weighted by Gasteiger charge is -2.27. The van der Waals surface area contributed by atoms with Gasteiger partial charge in [0, 0.05) is 13.0 Å². The van der Waals surface area contributed by atoms with Crippen LogP contribution < -0.4 is 0 Å². The maximum atomic E-state index is 14.2. The van der Waals surface area contributed by atoms with Crippen LogP contribution in [0.15, 0.2) is 91.0 Å². The lowest BCUT2D eigenvalue weighted by molar-refractivity contribution is -0.150. The Morgan fingerprint density at radius 1 is 0.795 bits per heavy atom. The van der Waals surface area contributed by atoms with E-state index in [-0.39, 0.29) is 37.5 Å². The molecule has 0 heterocycles. The molecule has 228 valence electrons. The predicted molar refractivity (Wildman–Crippen MR) is 153 cm³/mol. The molecule has 0 saturated carbocycles. The summed E-state index contributed by atoms with van der Waals surface area (Å²) >= 11 is 0. The number of ether oxygens (including phenoxy) is 2. The smallest absolute Gasteiger partial charge is 0.422 e. The van der Waals surface area contributed by atoms with Gasteiger partial charge in [-0.3, -0.25) is 4.90 Å². The summed E-state index contributed by atoms with van der Waals surface area (Å²) in [6.45, 7) is -0.115. The molecule has 44 heavy (non-hydrogen) atoms. The van der Waals surface area contributed by atoms with Crippen molar-refractivity contribution in [3.63, 3.8) is 0 Å². The van der Waals surface area contributed by atoms with E-state index in [4.69, 9.17) is 9.47 Å². The van der Waals surface area contributed by atoms with E-state index in [9.17, 15) is 31.5 Å². The molecule has 1 unspecified atom stereocenters. The number of nitrogens with zero attached hydrogens (tertiary/aromatic N) is 1. The molecule has 0 bridgehead atoms. The molecule has 4 aromatic carbocycles. The van der Waals surface area contributed by atoms with Gasteiger partial charge in [0.05, 0.1) is 0 Å². The van der Waals surface area contributed by atoms with Crippen LogP contribution in [0.25, 0.3) is 11.1 Å². The number of amides is 1. The van der Waals surface area contributed by atoms with Gasteiger partial charge in [-0.1, -0.05) is 78.9 Å². The maximum Gasteiger partial charge on any atom is 0.422 e. The maximum absolute atomic E-state index is 14.2. The summed E-state index contributed by atoms with van der Waals surface area (Å²) in [6.07, 6.45) is -6.46. The van der Waals surface area contributed by atoms with Gasteiger partial charge in [-0.2, -0.15) is 13.2 Å². The average molecular weight is 610 g/mol. The van der Waals surface area contributed by atoms with Crippen molar-refractivity contribution in [2.45, 2.75) is 37.6 Å². The molecular formula is C34H28F5NO4. The first-order valence-corrected chi connectivity index (χ1v) is 13.9. The molecule has 4 aromatic rings. The third-order valence-corrected chi connectivity index (χ3v) is 7.68. The van der Waals surface area contributed by atoms with Crippen molar-refractivity contribution >= 4 is 12.1 Å². The van der Waals surface area contributed by atoms with E-state index >= 15 is 0 Å². The Morgan fingerprint density at radius 3 is 1.91 bits per heavy atom. The number of alkyl halides is 3. The Kier molecular flexibility index (Phi) is 8.98. The standard InChI is InChI=1S/C34H28F5NO4/c1-40(33(42)44-20-27-25-13-7-5-11-23(25)24-12-6-8-14-26(24)27)30(32(41)43-19-21-9-3-2-4-10-21)16-15-22-17-28(35)31(29(36)18-22)34(37,38)39/h2-14,17-18,27,30H,15-16,19-20H2,1H3. The van der Waals surface area contributed by atoms with Gasteiger partial charge in [0.1, 0.15) is 36.5 Å². The molecule has 0 fully saturated rings. The third-order valence-electron chi connectivity index (χ3n) is 7.68. The van der Waals surface area contributed by atoms with Crippen molar-refractivity contribution in [3.8, 4) is 11.1 Å². The minimum Gasteiger partial charge on any atom is -0.459 e. The van der Waals surface area contributed by atoms with E-state index in [2.05, 4.69) is 0 Å². The number of fused-ring (bicyclic) bond motifs is 3. The average Bonchev–Trinajstić information content (AvgIpc) is 3.31. The first-order valence-electron chi connectivity index (χ1n) is 13.9. The molecule has 0 N–H and O–H groups in total. The lowest BCUT2D eigenvalue weighted by atomic mass is 9.98. The monoisotopic (exact) mass is 609 g/mol. The number of likely N-dealkylation sites (N-methyl/N-ethyl adjacent to an activating group) is 1. The highest BCUT2D eigenvalue weighted by Crippen LogP contribution is 2.44. The number of hydrogen-bond donors (Lipinski definition) is 0. The van der Waals surface area contributed by atoms with Crippen molar-refractivity contribution in [2.24, 2.45) is 0 Å². The Hall–Kier alpha value is -4.73. The van der Waals surface area contributed by atoms with E-state index in [1.54, 1.807) is 30.3 Å². The normalized spacial score (nSPS) is 13.1. The first-order chi connectivity index (χ1) is 21.0. The van der Waals surface area contributed by atoms with E-state index in [1.165, 1.54) is 7.05 Å². The minimum absolute atomic E-state index is 0.0156. The van der Waals surface area contributed by atoms with Gasteiger partial charge in [-0.15, -0.1) is 0 Å². The highest BCUT2D eigenvalue weighted by molar-refractivity contribution is 5.82. The summed E-state index contributed by atoms with van der Waals surface area (Å²) in [4.78, 5) is 27.5. The van der Waals surface area contributed by atoms with E-state index in [1.807, 2.05) is 48.5 Å². The van der Waals surface area contributed by atoms with E-state index in [0.29, 0.717) is 17.7 Å². The molecule has 0 spiro atoms. The van der Waals surface area contributed by atoms with Gasteiger partial charge in [-0.25, -0.2) is 18.4 Å². The Labute approximate surface area is 250 Å². The molecule has 1 atom stereocenters. The van der Waals surface area contributed by atoms with E-state index < -0.39 is 41.5 Å². The number of hydrogen-bond acceptors (Lipinski definition) is 4. The molecule has 10 heteroatoms. The first kappa shape index (κ1) is 30.7. The number of rotatable bonds is 9. The molecule has 5 nitrogen and oxygen atoms in total. The predicted octanol–water partition coefficient (Wildman–Crippen LogP) is 7.91. The number of carbonyl (C=O) groups is 2. The van der Waals surface area contributed by atoms with Gasteiger partial charge in [-0.05, 0) is 58.4 Å². The fourth-order valence-electron chi connectivity index (χ4n) is 5.46. The molecule has 0 radical (unpaired) electrons. The zero-order valence-corrected chi connectivity index (χ0v) is 23.6. The second-order valence-electron chi connectivity index (χ2n) is 10.5. The number of carbonyl (C=O) groups excluding carboxylic acids is 2. The number of esters is 1. The molecule has 1 amide bonds. The van der Waals surface area contributed by atoms with Crippen molar-refractivity contribution in [2.75, 3.05) is 13.7 Å². The number of halogens is 5.